The number of hydrogen-bond acceptors (Lipinski definition) is 4. The maximum absolute atomic E-state index is 13.6. The average Bonchev–Trinajstić information content (AvgIpc) is 3.30. The highest BCUT2D eigenvalue weighted by Gasteiger charge is 2.48. The monoisotopic (exact) mass is 534 g/mol. The molecule has 1 aliphatic rings. The molecule has 2 N–H and O–H groups in total. The van der Waals surface area contributed by atoms with Gasteiger partial charge in [-0.1, -0.05) is 47.5 Å². The molecule has 1 unspecified atom stereocenters. The van der Waals surface area contributed by atoms with E-state index in [0.29, 0.717) is 5.69 Å². The Kier molecular flexibility index (Phi) is 6.26. The number of ketones is 1. The van der Waals surface area contributed by atoms with E-state index in [0.717, 1.165) is 33.3 Å². The number of methoxy groups -OCH3 is 1. The van der Waals surface area contributed by atoms with E-state index in [2.05, 4.69) is 4.98 Å². The summed E-state index contributed by atoms with van der Waals surface area (Å²) in [6.07, 6.45) is 0. The van der Waals surface area contributed by atoms with Crippen molar-refractivity contribution in [2.75, 3.05) is 12.0 Å². The Labute approximate surface area is 224 Å². The molecule has 8 heteroatoms. The van der Waals surface area contributed by atoms with E-state index >= 15 is 0 Å². The van der Waals surface area contributed by atoms with Gasteiger partial charge in [-0.25, -0.2) is 0 Å². The van der Waals surface area contributed by atoms with E-state index in [1.165, 1.54) is 24.1 Å². The number of carbonyl (C=O) groups excluding carboxylic acids is 2. The summed E-state index contributed by atoms with van der Waals surface area (Å²) >= 11 is 12.7. The molecule has 2 heterocycles. The molecule has 1 aliphatic heterocycles. The number of Topliss-reactive ketones (excluding diaryl/α,β-unsaturated/α-hetero) is 1. The molecule has 0 saturated carbocycles. The first-order valence-corrected chi connectivity index (χ1v) is 12.4. The van der Waals surface area contributed by atoms with Gasteiger partial charge in [-0.05, 0) is 62.2 Å². The van der Waals surface area contributed by atoms with E-state index in [-0.39, 0.29) is 32.7 Å². The number of aromatic amines is 1. The predicted molar refractivity (Wildman–Crippen MR) is 147 cm³/mol. The summed E-state index contributed by atoms with van der Waals surface area (Å²) in [6, 6.07) is 15.4. The SMILES string of the molecule is COc1c(Cl)cc(/C(O)=C2\C(=O)C(=O)N(c3cc(C)cc(C)c3)C2c2c(C)[nH]c3ccccc23)cc1Cl. The van der Waals surface area contributed by atoms with Crippen LogP contribution in [0, 0.1) is 20.8 Å². The van der Waals surface area contributed by atoms with Crippen molar-refractivity contribution in [3.8, 4) is 5.75 Å². The molecule has 0 aliphatic carbocycles. The van der Waals surface area contributed by atoms with Crippen molar-refractivity contribution in [3.05, 3.63) is 98.2 Å². The number of H-pyrrole nitrogens is 1. The van der Waals surface area contributed by atoms with Gasteiger partial charge in [-0.15, -0.1) is 0 Å². The molecule has 0 radical (unpaired) electrons. The predicted octanol–water partition coefficient (Wildman–Crippen LogP) is 7.03. The number of carbonyl (C=O) groups is 2. The number of amides is 1. The van der Waals surface area contributed by atoms with Crippen LogP contribution < -0.4 is 9.64 Å². The summed E-state index contributed by atoms with van der Waals surface area (Å²) in [5.74, 6) is -1.65. The first kappa shape index (κ1) is 24.9. The van der Waals surface area contributed by atoms with Gasteiger partial charge < -0.3 is 14.8 Å². The standard InChI is InChI=1S/C29H24Cl2N2O4/c1-14-9-15(2)11-18(10-14)33-25(23-16(3)32-22-8-6-5-7-19(22)23)24(27(35)29(33)36)26(34)17-12-20(30)28(37-4)21(31)13-17/h5-13,25,32,34H,1-4H3/b26-24+. The van der Waals surface area contributed by atoms with Gasteiger partial charge in [0.15, 0.2) is 5.75 Å². The second-order valence-electron chi connectivity index (χ2n) is 9.20. The number of nitrogens with one attached hydrogen (secondary N) is 1. The summed E-state index contributed by atoms with van der Waals surface area (Å²) in [5, 5.41) is 12.7. The van der Waals surface area contributed by atoms with Gasteiger partial charge in [0, 0.05) is 33.4 Å². The quantitative estimate of drug-likeness (QED) is 0.167. The Morgan fingerprint density at radius 1 is 0.973 bits per heavy atom. The number of halogens is 2. The summed E-state index contributed by atoms with van der Waals surface area (Å²) < 4.78 is 5.22. The highest BCUT2D eigenvalue weighted by atomic mass is 35.5. The molecule has 37 heavy (non-hydrogen) atoms. The van der Waals surface area contributed by atoms with Gasteiger partial charge in [-0.3, -0.25) is 14.5 Å². The van der Waals surface area contributed by atoms with Crippen molar-refractivity contribution in [1.82, 2.24) is 4.98 Å². The van der Waals surface area contributed by atoms with Gasteiger partial charge in [0.05, 0.1) is 28.8 Å². The third kappa shape index (κ3) is 4.06. The lowest BCUT2D eigenvalue weighted by Gasteiger charge is -2.26. The number of aryl methyl sites for hydroxylation is 3. The van der Waals surface area contributed by atoms with Gasteiger partial charge in [-0.2, -0.15) is 0 Å². The number of aliphatic hydroxyl groups excluding tert-OH is 1. The molecule has 0 spiro atoms. The van der Waals surface area contributed by atoms with Crippen LogP contribution in [0.25, 0.3) is 16.7 Å². The number of fused-ring (bicyclic) bond motifs is 1. The maximum Gasteiger partial charge on any atom is 0.300 e. The largest absolute Gasteiger partial charge is 0.507 e. The first-order valence-electron chi connectivity index (χ1n) is 11.6. The number of aromatic nitrogens is 1. The van der Waals surface area contributed by atoms with Crippen molar-refractivity contribution in [2.45, 2.75) is 26.8 Å². The Balaban J connectivity index is 1.83. The van der Waals surface area contributed by atoms with Crippen LogP contribution in [0.4, 0.5) is 5.69 Å². The number of hydrogen-bond donors (Lipinski definition) is 2. The van der Waals surface area contributed by atoms with E-state index in [4.69, 9.17) is 27.9 Å². The van der Waals surface area contributed by atoms with Gasteiger partial charge in [0.2, 0.25) is 0 Å². The Morgan fingerprint density at radius 2 is 1.59 bits per heavy atom. The minimum absolute atomic E-state index is 0.0469. The smallest absolute Gasteiger partial charge is 0.300 e. The number of ether oxygens (including phenoxy) is 1. The Hall–Kier alpha value is -3.74. The zero-order valence-corrected chi connectivity index (χ0v) is 22.2. The van der Waals surface area contributed by atoms with Crippen LogP contribution in [0.15, 0.2) is 60.2 Å². The summed E-state index contributed by atoms with van der Waals surface area (Å²) in [6.45, 7) is 5.75. The van der Waals surface area contributed by atoms with Crippen molar-refractivity contribution < 1.29 is 19.4 Å². The second kappa shape index (κ2) is 9.29. The van der Waals surface area contributed by atoms with Crippen LogP contribution in [-0.4, -0.2) is 28.9 Å². The van der Waals surface area contributed by atoms with Crippen LogP contribution in [0.1, 0.15) is 34.0 Å². The molecule has 1 atom stereocenters. The second-order valence-corrected chi connectivity index (χ2v) is 10.0. The van der Waals surface area contributed by atoms with Crippen LogP contribution in [-0.2, 0) is 9.59 Å². The zero-order chi connectivity index (χ0) is 26.6. The van der Waals surface area contributed by atoms with E-state index < -0.39 is 17.7 Å². The molecule has 1 fully saturated rings. The molecule has 1 aromatic heterocycles. The topological polar surface area (TPSA) is 82.6 Å². The van der Waals surface area contributed by atoms with Crippen LogP contribution in [0.2, 0.25) is 10.0 Å². The molecular formula is C29H24Cl2N2O4. The van der Waals surface area contributed by atoms with Crippen LogP contribution >= 0.6 is 23.2 Å². The Bertz CT molecular complexity index is 1590. The first-order chi connectivity index (χ1) is 17.6. The lowest BCUT2D eigenvalue weighted by atomic mass is 9.93. The minimum Gasteiger partial charge on any atom is -0.507 e. The van der Waals surface area contributed by atoms with Gasteiger partial charge in [0.25, 0.3) is 11.7 Å². The number of para-hydroxylation sites is 1. The molecule has 188 valence electrons. The number of nitrogens with zero attached hydrogens (tertiary/aromatic N) is 1. The van der Waals surface area contributed by atoms with Crippen molar-refractivity contribution >= 4 is 57.2 Å². The summed E-state index contributed by atoms with van der Waals surface area (Å²) in [7, 11) is 1.43. The number of rotatable bonds is 4. The molecule has 5 rings (SSSR count). The highest BCUT2D eigenvalue weighted by Crippen LogP contribution is 2.46. The van der Waals surface area contributed by atoms with E-state index in [1.54, 1.807) is 0 Å². The third-order valence-electron chi connectivity index (χ3n) is 6.62. The third-order valence-corrected chi connectivity index (χ3v) is 7.18. The number of anilines is 1. The molecule has 4 aromatic rings. The fraction of sp³-hybridized carbons (Fsp3) is 0.172. The van der Waals surface area contributed by atoms with Crippen LogP contribution in [0.3, 0.4) is 0 Å². The molecule has 3 aromatic carbocycles. The lowest BCUT2D eigenvalue weighted by Crippen LogP contribution is -2.29. The highest BCUT2D eigenvalue weighted by molar-refractivity contribution is 6.52. The van der Waals surface area contributed by atoms with Gasteiger partial charge in [0.1, 0.15) is 5.76 Å². The fourth-order valence-electron chi connectivity index (χ4n) is 5.16. The minimum atomic E-state index is -0.892. The van der Waals surface area contributed by atoms with Crippen molar-refractivity contribution in [3.63, 3.8) is 0 Å². The van der Waals surface area contributed by atoms with Crippen molar-refractivity contribution in [2.24, 2.45) is 0 Å². The van der Waals surface area contributed by atoms with E-state index in [9.17, 15) is 14.7 Å². The summed E-state index contributed by atoms with van der Waals surface area (Å²) in [4.78, 5) is 32.0. The maximum atomic E-state index is 13.6. The fourth-order valence-corrected chi connectivity index (χ4v) is 5.80. The molecule has 1 amide bonds. The van der Waals surface area contributed by atoms with Gasteiger partial charge >= 0.3 is 0 Å². The molecule has 1 saturated heterocycles. The summed E-state index contributed by atoms with van der Waals surface area (Å²) in [5.41, 5.74) is 4.97. The molecule has 6 nitrogen and oxygen atoms in total. The van der Waals surface area contributed by atoms with E-state index in [1.807, 2.05) is 63.2 Å². The number of benzene rings is 3. The normalized spacial score (nSPS) is 17.1. The molecular weight excluding hydrogens is 511 g/mol. The zero-order valence-electron chi connectivity index (χ0n) is 20.6. The van der Waals surface area contributed by atoms with Crippen molar-refractivity contribution in [1.29, 1.82) is 0 Å². The average molecular weight is 535 g/mol. The lowest BCUT2D eigenvalue weighted by molar-refractivity contribution is -0.132. The van der Waals surface area contributed by atoms with Crippen LogP contribution in [0.5, 0.6) is 5.75 Å². The molecule has 0 bridgehead atoms. The number of aliphatic hydroxyl groups is 1. The Morgan fingerprint density at radius 3 is 2.22 bits per heavy atom.